The largest absolute Gasteiger partial charge is 0.461 e. The smallest absolute Gasteiger partial charge is 0.310 e. The number of nitrogens with one attached hydrogen (secondary N) is 3. The summed E-state index contributed by atoms with van der Waals surface area (Å²) in [6.45, 7) is 2.14. The number of para-hydroxylation sites is 2. The Morgan fingerprint density at radius 2 is 1.79 bits per heavy atom. The molecule has 1 unspecified atom stereocenters. The van der Waals surface area contributed by atoms with E-state index in [0.717, 1.165) is 5.56 Å². The summed E-state index contributed by atoms with van der Waals surface area (Å²) in [5.41, 5.74) is 2.03. The van der Waals surface area contributed by atoms with Crippen molar-refractivity contribution in [1.29, 1.82) is 0 Å². The SMILES string of the molecule is CC(CNC(=O)C[NH][Al])OC(=O)Cc1ccccc1Nc1c(Cl)cccc1Cl. The molecule has 2 aromatic rings. The number of carbonyl (C=O) groups is 2. The lowest BCUT2D eigenvalue weighted by atomic mass is 10.1. The molecule has 0 spiro atoms. The number of anilines is 2. The summed E-state index contributed by atoms with van der Waals surface area (Å²) < 4.78 is 8.05. The van der Waals surface area contributed by atoms with Crippen LogP contribution in [-0.4, -0.2) is 47.6 Å². The lowest BCUT2D eigenvalue weighted by Crippen LogP contribution is -2.38. The first kappa shape index (κ1) is 22.5. The van der Waals surface area contributed by atoms with Crippen LogP contribution in [-0.2, 0) is 20.7 Å². The molecule has 28 heavy (non-hydrogen) atoms. The second kappa shape index (κ2) is 11.3. The summed E-state index contributed by atoms with van der Waals surface area (Å²) in [4.78, 5) is 23.7. The molecule has 6 nitrogen and oxygen atoms in total. The number of amides is 1. The standard InChI is InChI=1S/C19H20Cl2N3O3.Al/c1-12(11-23-17(25)10-22)27-18(26)9-13-5-2-3-8-16(13)24-19-14(20)6-4-7-15(19)21;/h2-8,12,22,24H,9-11H2,1H3,(H,23,25);/q-1;+1. The Kier molecular flexibility index (Phi) is 9.10. The van der Waals surface area contributed by atoms with E-state index in [2.05, 4.69) is 31.4 Å². The van der Waals surface area contributed by atoms with Crippen LogP contribution in [0.1, 0.15) is 12.5 Å². The quantitative estimate of drug-likeness (QED) is 0.416. The Labute approximate surface area is 182 Å². The molecule has 0 aromatic heterocycles. The van der Waals surface area contributed by atoms with Crippen LogP contribution in [0.4, 0.5) is 11.4 Å². The van der Waals surface area contributed by atoms with Crippen molar-refractivity contribution in [3.63, 3.8) is 0 Å². The van der Waals surface area contributed by atoms with Gasteiger partial charge in [-0.15, -0.1) is 0 Å². The van der Waals surface area contributed by atoms with Crippen LogP contribution < -0.4 is 14.9 Å². The molecule has 1 atom stereocenters. The molecule has 1 amide bonds. The molecule has 0 fully saturated rings. The number of hydrogen-bond donors (Lipinski definition) is 3. The van der Waals surface area contributed by atoms with Crippen molar-refractivity contribution in [3.8, 4) is 0 Å². The van der Waals surface area contributed by atoms with Crippen LogP contribution in [0.25, 0.3) is 0 Å². The first-order valence-electron chi connectivity index (χ1n) is 8.59. The van der Waals surface area contributed by atoms with Gasteiger partial charge in [0.25, 0.3) is 16.5 Å². The van der Waals surface area contributed by atoms with Crippen molar-refractivity contribution >= 4 is 63.0 Å². The number of benzene rings is 2. The predicted octanol–water partition coefficient (Wildman–Crippen LogP) is 3.00. The normalized spacial score (nSPS) is 11.5. The van der Waals surface area contributed by atoms with Gasteiger partial charge in [-0.05, 0) is 30.7 Å². The van der Waals surface area contributed by atoms with Crippen molar-refractivity contribution < 1.29 is 14.3 Å². The number of hydrogen-bond acceptors (Lipinski definition) is 5. The van der Waals surface area contributed by atoms with Gasteiger partial charge in [-0.1, -0.05) is 47.5 Å². The lowest BCUT2D eigenvalue weighted by Gasteiger charge is -2.16. The third kappa shape index (κ3) is 7.01. The highest BCUT2D eigenvalue weighted by atomic mass is 35.5. The second-order valence-electron chi connectivity index (χ2n) is 6.04. The molecule has 2 rings (SSSR count). The number of carbonyl (C=O) groups excluding carboxylic acids is 2. The summed E-state index contributed by atoms with van der Waals surface area (Å²) in [6, 6.07) is 12.6. The third-order valence-electron chi connectivity index (χ3n) is 3.76. The Balaban J connectivity index is 1.99. The fraction of sp³-hybridized carbons (Fsp3) is 0.263. The van der Waals surface area contributed by atoms with E-state index in [4.69, 9.17) is 27.9 Å². The van der Waals surface area contributed by atoms with Crippen LogP contribution in [0.3, 0.4) is 0 Å². The molecule has 0 heterocycles. The summed E-state index contributed by atoms with van der Waals surface area (Å²) in [5, 5.41) is 6.82. The van der Waals surface area contributed by atoms with Crippen molar-refractivity contribution in [3.05, 3.63) is 58.1 Å². The van der Waals surface area contributed by atoms with E-state index in [9.17, 15) is 9.59 Å². The zero-order valence-corrected chi connectivity index (χ0v) is 18.0. The Morgan fingerprint density at radius 3 is 2.46 bits per heavy atom. The zero-order valence-electron chi connectivity index (χ0n) is 15.3. The van der Waals surface area contributed by atoms with Crippen LogP contribution >= 0.6 is 23.2 Å². The second-order valence-corrected chi connectivity index (χ2v) is 7.26. The van der Waals surface area contributed by atoms with Crippen LogP contribution in [0.2, 0.25) is 10.0 Å². The highest BCUT2D eigenvalue weighted by molar-refractivity contribution is 6.39. The summed E-state index contributed by atoms with van der Waals surface area (Å²) in [6.07, 6.45) is -0.379. The number of ether oxygens (including phenoxy) is 1. The molecule has 2 radical (unpaired) electrons. The van der Waals surface area contributed by atoms with Gasteiger partial charge in [-0.2, -0.15) is 0 Å². The van der Waals surface area contributed by atoms with E-state index in [0.29, 0.717) is 21.4 Å². The maximum Gasteiger partial charge on any atom is 0.310 e. The third-order valence-corrected chi connectivity index (χ3v) is 4.59. The van der Waals surface area contributed by atoms with Gasteiger partial charge in [0.15, 0.2) is 0 Å². The van der Waals surface area contributed by atoms with Gasteiger partial charge in [0, 0.05) is 5.69 Å². The van der Waals surface area contributed by atoms with Crippen LogP contribution in [0.5, 0.6) is 0 Å². The fourth-order valence-corrected chi connectivity index (χ4v) is 3.10. The first-order chi connectivity index (χ1) is 13.4. The molecule has 0 saturated carbocycles. The van der Waals surface area contributed by atoms with Gasteiger partial charge in [0.1, 0.15) is 6.10 Å². The minimum Gasteiger partial charge on any atom is -0.461 e. The van der Waals surface area contributed by atoms with E-state index in [1.54, 1.807) is 25.1 Å². The monoisotopic (exact) mass is 435 g/mol. The van der Waals surface area contributed by atoms with E-state index in [1.807, 2.05) is 24.3 Å². The Bertz CT molecular complexity index is 816. The molecular formula is C19H20AlCl2N3O3. The van der Waals surface area contributed by atoms with E-state index in [1.165, 1.54) is 0 Å². The topological polar surface area (TPSA) is 79.5 Å². The molecule has 0 aliphatic carbocycles. The lowest BCUT2D eigenvalue weighted by molar-refractivity contribution is -0.147. The molecule has 0 aliphatic heterocycles. The molecule has 0 aliphatic rings. The predicted molar refractivity (Wildman–Crippen MR) is 112 cm³/mol. The average molecular weight is 436 g/mol. The molecule has 2 aromatic carbocycles. The van der Waals surface area contributed by atoms with Gasteiger partial charge in [0.05, 0.1) is 35.2 Å². The molecule has 3 N–H and O–H groups in total. The maximum absolute atomic E-state index is 12.3. The Morgan fingerprint density at radius 1 is 1.11 bits per heavy atom. The first-order valence-corrected chi connectivity index (χ1v) is 9.92. The molecule has 146 valence electrons. The van der Waals surface area contributed by atoms with Crippen molar-refractivity contribution in [2.45, 2.75) is 19.4 Å². The van der Waals surface area contributed by atoms with Crippen molar-refractivity contribution in [2.75, 3.05) is 18.4 Å². The molecule has 9 heteroatoms. The van der Waals surface area contributed by atoms with Crippen LogP contribution in [0, 0.1) is 0 Å². The Hall–Kier alpha value is -1.75. The summed E-state index contributed by atoms with van der Waals surface area (Å²) >= 11 is 14.7. The van der Waals surface area contributed by atoms with Gasteiger partial charge < -0.3 is 19.7 Å². The number of esters is 1. The van der Waals surface area contributed by atoms with Crippen LogP contribution in [0.15, 0.2) is 42.5 Å². The van der Waals surface area contributed by atoms with Crippen molar-refractivity contribution in [2.24, 2.45) is 0 Å². The van der Waals surface area contributed by atoms with Gasteiger partial charge in [0.2, 0.25) is 5.91 Å². The maximum atomic E-state index is 12.3. The zero-order chi connectivity index (χ0) is 20.5. The fourth-order valence-electron chi connectivity index (χ4n) is 2.42. The average Bonchev–Trinajstić information content (AvgIpc) is 2.64. The van der Waals surface area contributed by atoms with Crippen molar-refractivity contribution in [1.82, 2.24) is 9.62 Å². The number of halogens is 2. The van der Waals surface area contributed by atoms with Gasteiger partial charge >= 0.3 is 5.97 Å². The number of rotatable bonds is 9. The van der Waals surface area contributed by atoms with E-state index >= 15 is 0 Å². The highest BCUT2D eigenvalue weighted by Crippen LogP contribution is 2.33. The minimum atomic E-state index is -0.445. The molecule has 0 bridgehead atoms. The van der Waals surface area contributed by atoms with E-state index < -0.39 is 12.1 Å². The molecule has 0 saturated heterocycles. The summed E-state index contributed by atoms with van der Waals surface area (Å²) in [7, 11) is 0. The highest BCUT2D eigenvalue weighted by Gasteiger charge is 2.15. The van der Waals surface area contributed by atoms with Gasteiger partial charge in [-0.25, -0.2) is 0 Å². The summed E-state index contributed by atoms with van der Waals surface area (Å²) in [5.74, 6) is -0.575. The molecular weight excluding hydrogens is 416 g/mol. The minimum absolute atomic E-state index is 0.0662. The van der Waals surface area contributed by atoms with Gasteiger partial charge in [-0.3, -0.25) is 9.59 Å². The van der Waals surface area contributed by atoms with E-state index in [-0.39, 0.29) is 25.4 Å².